The number of nitrogen functional groups attached to an aromatic ring is 1. The number of likely N-dealkylation sites (tertiary alicyclic amines) is 1. The molecule has 102 valence electrons. The molecule has 0 unspecified atom stereocenters. The molecule has 1 amide bonds. The van der Waals surface area contributed by atoms with Crippen molar-refractivity contribution in [3.8, 4) is 5.75 Å². The van der Waals surface area contributed by atoms with E-state index in [0.717, 1.165) is 12.8 Å². The second kappa shape index (κ2) is 4.42. The molecule has 3 N–H and O–H groups in total. The minimum Gasteiger partial charge on any atom is -0.484 e. The Morgan fingerprint density at radius 1 is 1.37 bits per heavy atom. The Morgan fingerprint density at radius 2 is 2.00 bits per heavy atom. The molecule has 1 heterocycles. The molecule has 1 aromatic rings. The highest BCUT2D eigenvalue weighted by Crippen LogP contribution is 2.44. The van der Waals surface area contributed by atoms with Crippen molar-refractivity contribution in [3.63, 3.8) is 0 Å². The fourth-order valence-corrected chi connectivity index (χ4v) is 2.47. The van der Waals surface area contributed by atoms with Crippen LogP contribution in [0, 0.1) is 5.92 Å². The molecule has 0 atom stereocenters. The summed E-state index contributed by atoms with van der Waals surface area (Å²) in [6, 6.07) is 6.93. The maximum absolute atomic E-state index is 11.9. The third kappa shape index (κ3) is 2.51. The van der Waals surface area contributed by atoms with Gasteiger partial charge >= 0.3 is 0 Å². The van der Waals surface area contributed by atoms with E-state index in [1.54, 1.807) is 29.2 Å². The molecule has 0 spiro atoms. The summed E-state index contributed by atoms with van der Waals surface area (Å²) in [5.41, 5.74) is 5.60. The summed E-state index contributed by atoms with van der Waals surface area (Å²) in [5.74, 6) is 0.942. The van der Waals surface area contributed by atoms with Gasteiger partial charge < -0.3 is 20.5 Å². The second-order valence-electron chi connectivity index (χ2n) is 5.49. The number of nitrogens with two attached hydrogens (primary N) is 1. The first-order valence-electron chi connectivity index (χ1n) is 6.55. The van der Waals surface area contributed by atoms with Crippen molar-refractivity contribution in [1.29, 1.82) is 0 Å². The van der Waals surface area contributed by atoms with Crippen molar-refractivity contribution in [3.05, 3.63) is 24.3 Å². The third-order valence-corrected chi connectivity index (χ3v) is 3.86. The van der Waals surface area contributed by atoms with Gasteiger partial charge in [0.2, 0.25) is 0 Å². The molecular weight excluding hydrogens is 244 g/mol. The quantitative estimate of drug-likeness (QED) is 0.780. The number of hydrogen-bond donors (Lipinski definition) is 2. The van der Waals surface area contributed by atoms with Crippen molar-refractivity contribution in [1.82, 2.24) is 4.90 Å². The summed E-state index contributed by atoms with van der Waals surface area (Å²) in [7, 11) is 0. The smallest absolute Gasteiger partial charge is 0.260 e. The van der Waals surface area contributed by atoms with E-state index in [1.807, 2.05) is 0 Å². The van der Waals surface area contributed by atoms with E-state index in [4.69, 9.17) is 10.5 Å². The number of β-amino-alcohol motifs (C(OH)–C–C–N with tert-alkyl or cyclic N) is 1. The molecule has 2 fully saturated rings. The second-order valence-corrected chi connectivity index (χ2v) is 5.49. The van der Waals surface area contributed by atoms with Crippen LogP contribution >= 0.6 is 0 Å². The van der Waals surface area contributed by atoms with Crippen LogP contribution in [-0.2, 0) is 4.79 Å². The molecule has 1 aliphatic heterocycles. The van der Waals surface area contributed by atoms with Crippen LogP contribution in [0.2, 0.25) is 0 Å². The molecule has 1 saturated heterocycles. The van der Waals surface area contributed by atoms with Crippen molar-refractivity contribution in [2.24, 2.45) is 5.92 Å². The topological polar surface area (TPSA) is 75.8 Å². The lowest BCUT2D eigenvalue weighted by molar-refractivity contribution is -0.161. The van der Waals surface area contributed by atoms with Crippen LogP contribution < -0.4 is 10.5 Å². The first-order chi connectivity index (χ1) is 9.07. The highest BCUT2D eigenvalue weighted by Gasteiger charge is 2.53. The van der Waals surface area contributed by atoms with Crippen LogP contribution in [0.3, 0.4) is 0 Å². The van der Waals surface area contributed by atoms with E-state index < -0.39 is 5.60 Å². The zero-order valence-corrected chi connectivity index (χ0v) is 10.7. The van der Waals surface area contributed by atoms with E-state index in [9.17, 15) is 9.90 Å². The summed E-state index contributed by atoms with van der Waals surface area (Å²) >= 11 is 0. The van der Waals surface area contributed by atoms with Gasteiger partial charge in [-0.1, -0.05) is 0 Å². The summed E-state index contributed by atoms with van der Waals surface area (Å²) in [4.78, 5) is 13.5. The highest BCUT2D eigenvalue weighted by atomic mass is 16.5. The van der Waals surface area contributed by atoms with Crippen LogP contribution in [0.25, 0.3) is 0 Å². The molecule has 2 aliphatic rings. The maximum Gasteiger partial charge on any atom is 0.260 e. The Hall–Kier alpha value is -1.75. The molecule has 0 bridgehead atoms. The number of carbonyl (C=O) groups excluding carboxylic acids is 1. The van der Waals surface area contributed by atoms with Crippen molar-refractivity contribution in [2.45, 2.75) is 18.4 Å². The van der Waals surface area contributed by atoms with Crippen LogP contribution in [0.1, 0.15) is 12.8 Å². The molecule has 0 radical (unpaired) electrons. The highest BCUT2D eigenvalue weighted by molar-refractivity contribution is 5.79. The number of hydrogen-bond acceptors (Lipinski definition) is 4. The van der Waals surface area contributed by atoms with E-state index in [-0.39, 0.29) is 12.5 Å². The van der Waals surface area contributed by atoms with Gasteiger partial charge in [-0.05, 0) is 43.0 Å². The van der Waals surface area contributed by atoms with Gasteiger partial charge in [0.1, 0.15) is 11.4 Å². The lowest BCUT2D eigenvalue weighted by Gasteiger charge is -2.46. The Balaban J connectivity index is 1.46. The molecule has 5 heteroatoms. The van der Waals surface area contributed by atoms with Crippen LogP contribution in [0.4, 0.5) is 5.69 Å². The molecule has 3 rings (SSSR count). The molecule has 1 aliphatic carbocycles. The number of benzene rings is 1. The largest absolute Gasteiger partial charge is 0.484 e. The fraction of sp³-hybridized carbons (Fsp3) is 0.500. The van der Waals surface area contributed by atoms with Crippen molar-refractivity contribution < 1.29 is 14.6 Å². The van der Waals surface area contributed by atoms with Crippen LogP contribution in [0.5, 0.6) is 5.75 Å². The van der Waals surface area contributed by atoms with Gasteiger partial charge in [0.25, 0.3) is 5.91 Å². The van der Waals surface area contributed by atoms with Crippen LogP contribution in [0.15, 0.2) is 24.3 Å². The van der Waals surface area contributed by atoms with Gasteiger partial charge in [-0.25, -0.2) is 0 Å². The van der Waals surface area contributed by atoms with E-state index in [1.165, 1.54) is 0 Å². The maximum atomic E-state index is 11.9. The molecule has 1 saturated carbocycles. The zero-order valence-electron chi connectivity index (χ0n) is 10.7. The first kappa shape index (κ1) is 12.3. The SMILES string of the molecule is Nc1ccc(OCC(=O)N2CC(O)(C3CC3)C2)cc1. The Labute approximate surface area is 112 Å². The van der Waals surface area contributed by atoms with E-state index >= 15 is 0 Å². The minimum atomic E-state index is -0.628. The average Bonchev–Trinajstić information content (AvgIpc) is 3.18. The molecular formula is C14H18N2O3. The van der Waals surface area contributed by atoms with Gasteiger partial charge in [0.05, 0.1) is 13.1 Å². The van der Waals surface area contributed by atoms with Gasteiger partial charge in [0.15, 0.2) is 6.61 Å². The molecule has 1 aromatic carbocycles. The van der Waals surface area contributed by atoms with E-state index in [0.29, 0.717) is 30.4 Å². The first-order valence-corrected chi connectivity index (χ1v) is 6.55. The average molecular weight is 262 g/mol. The number of anilines is 1. The molecule has 5 nitrogen and oxygen atoms in total. The standard InChI is InChI=1S/C14H18N2O3/c15-11-3-5-12(6-4-11)19-7-13(17)16-8-14(18,9-16)10-1-2-10/h3-6,10,18H,1-2,7-9,15H2. The zero-order chi connectivity index (χ0) is 13.5. The van der Waals surface area contributed by atoms with Crippen LogP contribution in [-0.4, -0.2) is 41.2 Å². The predicted molar refractivity (Wildman–Crippen MR) is 70.6 cm³/mol. The third-order valence-electron chi connectivity index (χ3n) is 3.86. The monoisotopic (exact) mass is 262 g/mol. The number of aliphatic hydroxyl groups is 1. The van der Waals surface area contributed by atoms with Gasteiger partial charge in [0, 0.05) is 5.69 Å². The Kier molecular flexibility index (Phi) is 2.86. The Morgan fingerprint density at radius 3 is 2.58 bits per heavy atom. The fourth-order valence-electron chi connectivity index (χ4n) is 2.47. The summed E-state index contributed by atoms with van der Waals surface area (Å²) in [6.45, 7) is 0.897. The van der Waals surface area contributed by atoms with Gasteiger partial charge in [-0.15, -0.1) is 0 Å². The van der Waals surface area contributed by atoms with Gasteiger partial charge in [-0.3, -0.25) is 4.79 Å². The molecule has 19 heavy (non-hydrogen) atoms. The number of amides is 1. The van der Waals surface area contributed by atoms with Crippen molar-refractivity contribution in [2.75, 3.05) is 25.4 Å². The Bertz CT molecular complexity index is 476. The predicted octanol–water partition coefficient (Wildman–Crippen LogP) is 0.631. The number of carbonyl (C=O) groups is 1. The number of rotatable bonds is 4. The lowest BCUT2D eigenvalue weighted by atomic mass is 9.89. The summed E-state index contributed by atoms with van der Waals surface area (Å²) in [5, 5.41) is 10.1. The lowest BCUT2D eigenvalue weighted by Crippen LogP contribution is -2.65. The summed E-state index contributed by atoms with van der Waals surface area (Å²) < 4.78 is 5.40. The van der Waals surface area contributed by atoms with Gasteiger partial charge in [-0.2, -0.15) is 0 Å². The normalized spacial score (nSPS) is 20.8. The molecule has 0 aromatic heterocycles. The van der Waals surface area contributed by atoms with Crippen molar-refractivity contribution >= 4 is 11.6 Å². The van der Waals surface area contributed by atoms with E-state index in [2.05, 4.69) is 0 Å². The number of ether oxygens (including phenoxy) is 1. The summed E-state index contributed by atoms with van der Waals surface area (Å²) in [6.07, 6.45) is 2.17. The minimum absolute atomic E-state index is 0.00463. The number of nitrogens with zero attached hydrogens (tertiary/aromatic N) is 1.